The maximum atomic E-state index is 12.8. The molecule has 0 bridgehead atoms. The number of hydrogen-bond donors (Lipinski definition) is 1. The molecule has 140 valence electrons. The Labute approximate surface area is 155 Å². The number of carbonyl (C=O) groups is 1. The quantitative estimate of drug-likeness (QED) is 0.670. The predicted octanol–water partition coefficient (Wildman–Crippen LogP) is 5.14. The number of hydrogen-bond acceptors (Lipinski definition) is 3. The van der Waals surface area contributed by atoms with Gasteiger partial charge >= 0.3 is 12.1 Å². The van der Waals surface area contributed by atoms with Gasteiger partial charge in [0.2, 0.25) is 0 Å². The number of nitrogens with one attached hydrogen (secondary N) is 1. The molecule has 26 heavy (non-hydrogen) atoms. The third kappa shape index (κ3) is 5.75. The molecule has 0 saturated carbocycles. The van der Waals surface area contributed by atoms with Crippen molar-refractivity contribution in [1.29, 1.82) is 0 Å². The highest BCUT2D eigenvalue weighted by Gasteiger charge is 2.30. The monoisotopic (exact) mass is 385 g/mol. The average molecular weight is 386 g/mol. The maximum Gasteiger partial charge on any atom is 0.416 e. The Morgan fingerprint density at radius 2 is 1.92 bits per heavy atom. The second-order valence-electron chi connectivity index (χ2n) is 5.66. The van der Waals surface area contributed by atoms with Crippen LogP contribution in [0, 0.1) is 0 Å². The summed E-state index contributed by atoms with van der Waals surface area (Å²) in [4.78, 5) is 11.9. The van der Waals surface area contributed by atoms with Crippen LogP contribution in [0.3, 0.4) is 0 Å². The summed E-state index contributed by atoms with van der Waals surface area (Å²) in [6, 6.07) is 11.6. The van der Waals surface area contributed by atoms with E-state index in [0.717, 1.165) is 12.1 Å². The molecule has 0 radical (unpaired) electrons. The van der Waals surface area contributed by atoms with Gasteiger partial charge in [0.25, 0.3) is 0 Å². The molecule has 0 heterocycles. The molecule has 0 fully saturated rings. The second-order valence-corrected chi connectivity index (χ2v) is 6.07. The van der Waals surface area contributed by atoms with Gasteiger partial charge in [0.1, 0.15) is 0 Å². The smallest absolute Gasteiger partial charge is 0.416 e. The molecular formula is C19H19ClF3NO2. The van der Waals surface area contributed by atoms with E-state index in [1.54, 1.807) is 37.3 Å². The minimum absolute atomic E-state index is 0.0243. The summed E-state index contributed by atoms with van der Waals surface area (Å²) in [5.74, 6) is -0.408. The van der Waals surface area contributed by atoms with Crippen molar-refractivity contribution in [2.24, 2.45) is 0 Å². The number of ether oxygens (including phenoxy) is 1. The summed E-state index contributed by atoms with van der Waals surface area (Å²) < 4.78 is 43.5. The van der Waals surface area contributed by atoms with Crippen LogP contribution in [0.25, 0.3) is 0 Å². The first kappa shape index (κ1) is 20.3. The molecule has 0 amide bonds. The van der Waals surface area contributed by atoms with Crippen molar-refractivity contribution in [3.8, 4) is 0 Å². The van der Waals surface area contributed by atoms with Crippen molar-refractivity contribution in [2.45, 2.75) is 32.1 Å². The molecular weight excluding hydrogens is 367 g/mol. The Morgan fingerprint density at radius 3 is 2.58 bits per heavy atom. The average Bonchev–Trinajstić information content (AvgIpc) is 2.59. The van der Waals surface area contributed by atoms with Gasteiger partial charge in [-0.1, -0.05) is 48.0 Å². The molecule has 0 saturated heterocycles. The number of esters is 1. The second kappa shape index (κ2) is 9.05. The number of benzene rings is 2. The van der Waals surface area contributed by atoms with Crippen molar-refractivity contribution in [2.75, 3.05) is 6.61 Å². The lowest BCUT2D eigenvalue weighted by atomic mass is 10.0. The third-order valence-electron chi connectivity index (χ3n) is 3.76. The van der Waals surface area contributed by atoms with E-state index in [1.807, 2.05) is 0 Å². The number of alkyl halides is 3. The molecule has 2 rings (SSSR count). The van der Waals surface area contributed by atoms with Gasteiger partial charge < -0.3 is 10.1 Å². The molecule has 2 aromatic carbocycles. The van der Waals surface area contributed by atoms with Crippen molar-refractivity contribution in [1.82, 2.24) is 5.32 Å². The molecule has 0 aliphatic heterocycles. The largest absolute Gasteiger partial charge is 0.466 e. The molecule has 7 heteroatoms. The molecule has 0 aliphatic carbocycles. The summed E-state index contributed by atoms with van der Waals surface area (Å²) >= 11 is 6.21. The number of halogens is 4. The van der Waals surface area contributed by atoms with Crippen LogP contribution < -0.4 is 5.32 Å². The summed E-state index contributed by atoms with van der Waals surface area (Å²) in [6.07, 6.45) is -4.38. The first-order valence-electron chi connectivity index (χ1n) is 8.10. The van der Waals surface area contributed by atoms with Crippen LogP contribution in [0.1, 0.15) is 36.1 Å². The fraction of sp³-hybridized carbons (Fsp3) is 0.316. The highest BCUT2D eigenvalue weighted by molar-refractivity contribution is 6.31. The summed E-state index contributed by atoms with van der Waals surface area (Å²) in [7, 11) is 0. The lowest BCUT2D eigenvalue weighted by Gasteiger charge is -2.20. The summed E-state index contributed by atoms with van der Waals surface area (Å²) in [5.41, 5.74) is 0.436. The Bertz CT molecular complexity index is 750. The zero-order valence-corrected chi connectivity index (χ0v) is 14.9. The first-order chi connectivity index (χ1) is 12.3. The standard InChI is InChI=1S/C19H19ClF3NO2/c1-2-26-18(25)11-17(15-8-3-4-9-16(15)20)24-12-13-6-5-7-14(10-13)19(21,22)23/h3-10,17,24H,2,11-12H2,1H3/t17-/m1/s1. The fourth-order valence-electron chi connectivity index (χ4n) is 2.54. The Kier molecular flexibility index (Phi) is 7.06. The van der Waals surface area contributed by atoms with Crippen molar-refractivity contribution in [3.05, 3.63) is 70.2 Å². The third-order valence-corrected chi connectivity index (χ3v) is 4.11. The van der Waals surface area contributed by atoms with Gasteiger partial charge in [-0.25, -0.2) is 0 Å². The Hall–Kier alpha value is -2.05. The van der Waals surface area contributed by atoms with Crippen LogP contribution in [-0.2, 0) is 22.3 Å². The Morgan fingerprint density at radius 1 is 1.19 bits per heavy atom. The topological polar surface area (TPSA) is 38.3 Å². The highest BCUT2D eigenvalue weighted by Crippen LogP contribution is 2.30. The van der Waals surface area contributed by atoms with E-state index in [4.69, 9.17) is 16.3 Å². The van der Waals surface area contributed by atoms with Crippen molar-refractivity contribution < 1.29 is 22.7 Å². The molecule has 0 aliphatic rings. The van der Waals surface area contributed by atoms with Crippen LogP contribution in [-0.4, -0.2) is 12.6 Å². The Balaban J connectivity index is 2.17. The molecule has 0 unspecified atom stereocenters. The van der Waals surface area contributed by atoms with Gasteiger partial charge in [-0.15, -0.1) is 0 Å². The molecule has 1 atom stereocenters. The predicted molar refractivity (Wildman–Crippen MR) is 93.7 cm³/mol. The molecule has 0 aromatic heterocycles. The van der Waals surface area contributed by atoms with Gasteiger partial charge in [-0.05, 0) is 30.2 Å². The van der Waals surface area contributed by atoms with E-state index in [1.165, 1.54) is 6.07 Å². The minimum Gasteiger partial charge on any atom is -0.466 e. The van der Waals surface area contributed by atoms with Gasteiger partial charge in [-0.2, -0.15) is 13.2 Å². The lowest BCUT2D eigenvalue weighted by molar-refractivity contribution is -0.143. The zero-order valence-electron chi connectivity index (χ0n) is 14.1. The van der Waals surface area contributed by atoms with Crippen LogP contribution >= 0.6 is 11.6 Å². The first-order valence-corrected chi connectivity index (χ1v) is 8.48. The zero-order chi connectivity index (χ0) is 19.2. The van der Waals surface area contributed by atoms with Crippen LogP contribution in [0.5, 0.6) is 0 Å². The summed E-state index contributed by atoms with van der Waals surface area (Å²) in [5, 5.41) is 3.58. The number of rotatable bonds is 7. The molecule has 0 spiro atoms. The van der Waals surface area contributed by atoms with E-state index in [0.29, 0.717) is 16.1 Å². The summed E-state index contributed by atoms with van der Waals surface area (Å²) in [6.45, 7) is 2.11. The van der Waals surface area contributed by atoms with E-state index in [2.05, 4.69) is 5.32 Å². The number of carbonyl (C=O) groups excluding carboxylic acids is 1. The maximum absolute atomic E-state index is 12.8. The van der Waals surface area contributed by atoms with Gasteiger partial charge in [0, 0.05) is 17.6 Å². The molecule has 3 nitrogen and oxygen atoms in total. The van der Waals surface area contributed by atoms with Crippen molar-refractivity contribution in [3.63, 3.8) is 0 Å². The highest BCUT2D eigenvalue weighted by atomic mass is 35.5. The van der Waals surface area contributed by atoms with Gasteiger partial charge in [0.05, 0.1) is 18.6 Å². The van der Waals surface area contributed by atoms with Gasteiger partial charge in [-0.3, -0.25) is 4.79 Å². The van der Waals surface area contributed by atoms with E-state index in [9.17, 15) is 18.0 Å². The molecule has 2 aromatic rings. The van der Waals surface area contributed by atoms with E-state index < -0.39 is 23.8 Å². The van der Waals surface area contributed by atoms with Crippen LogP contribution in [0.4, 0.5) is 13.2 Å². The SMILES string of the molecule is CCOC(=O)C[C@@H](NCc1cccc(C(F)(F)F)c1)c1ccccc1Cl. The fourth-order valence-corrected chi connectivity index (χ4v) is 2.80. The normalized spacial score (nSPS) is 12.7. The molecule has 1 N–H and O–H groups in total. The van der Waals surface area contributed by atoms with E-state index in [-0.39, 0.29) is 19.6 Å². The lowest BCUT2D eigenvalue weighted by Crippen LogP contribution is -2.25. The van der Waals surface area contributed by atoms with Crippen LogP contribution in [0.2, 0.25) is 5.02 Å². The van der Waals surface area contributed by atoms with Crippen molar-refractivity contribution >= 4 is 17.6 Å². The van der Waals surface area contributed by atoms with Gasteiger partial charge in [0.15, 0.2) is 0 Å². The van der Waals surface area contributed by atoms with E-state index >= 15 is 0 Å². The van der Waals surface area contributed by atoms with Crippen LogP contribution in [0.15, 0.2) is 48.5 Å². The minimum atomic E-state index is -4.40.